The molecule has 0 radical (unpaired) electrons. The first kappa shape index (κ1) is 22.0. The lowest BCUT2D eigenvalue weighted by Gasteiger charge is -2.35. The number of ether oxygens (including phenoxy) is 1. The van der Waals surface area contributed by atoms with E-state index in [9.17, 15) is 4.79 Å². The topological polar surface area (TPSA) is 75.0 Å². The highest BCUT2D eigenvalue weighted by Crippen LogP contribution is 2.17. The van der Waals surface area contributed by atoms with Crippen molar-refractivity contribution < 1.29 is 9.53 Å². The summed E-state index contributed by atoms with van der Waals surface area (Å²) < 4.78 is 6.97. The zero-order valence-electron chi connectivity index (χ0n) is 16.5. The monoisotopic (exact) mass is 498 g/mol. The molecule has 1 fully saturated rings. The SMILES string of the molecule is CCNC(=NCc1cccc(OC)c1)N1CCN(c2cnn(C)c2)C(=O)C1.I. The molecular weight excluding hydrogens is 471 g/mol. The molecule has 3 rings (SSSR count). The summed E-state index contributed by atoms with van der Waals surface area (Å²) in [5, 5.41) is 7.44. The second kappa shape index (κ2) is 10.3. The Morgan fingerprint density at radius 1 is 1.36 bits per heavy atom. The Balaban J connectivity index is 0.00000280. The summed E-state index contributed by atoms with van der Waals surface area (Å²) in [5.41, 5.74) is 1.89. The standard InChI is InChI=1S/C19H26N6O2.HI/c1-4-20-19(21-11-15-6-5-7-17(10-15)27-3)24-8-9-25(18(26)14-24)16-12-22-23(2)13-16;/h5-7,10,12-13H,4,8-9,11,14H2,1-3H3,(H,20,21);1H. The minimum atomic E-state index is 0. The molecule has 2 heterocycles. The number of hydrogen-bond acceptors (Lipinski definition) is 4. The molecule has 0 aliphatic carbocycles. The van der Waals surface area contributed by atoms with Crippen LogP contribution in [0.25, 0.3) is 0 Å². The van der Waals surface area contributed by atoms with E-state index in [0.29, 0.717) is 26.2 Å². The van der Waals surface area contributed by atoms with Crippen LogP contribution in [0.3, 0.4) is 0 Å². The van der Waals surface area contributed by atoms with Gasteiger partial charge in [0.05, 0.1) is 25.5 Å². The summed E-state index contributed by atoms with van der Waals surface area (Å²) in [4.78, 5) is 21.1. The highest BCUT2D eigenvalue weighted by molar-refractivity contribution is 14.0. The fraction of sp³-hybridized carbons (Fsp3) is 0.421. The molecule has 1 aliphatic heterocycles. The molecule has 1 amide bonds. The van der Waals surface area contributed by atoms with Crippen LogP contribution in [-0.2, 0) is 18.4 Å². The number of amides is 1. The number of aliphatic imine (C=N–C) groups is 1. The largest absolute Gasteiger partial charge is 0.497 e. The first-order valence-electron chi connectivity index (χ1n) is 9.06. The average Bonchev–Trinajstić information content (AvgIpc) is 3.11. The summed E-state index contributed by atoms with van der Waals surface area (Å²) in [6.07, 6.45) is 3.57. The van der Waals surface area contributed by atoms with Gasteiger partial charge in [-0.25, -0.2) is 4.99 Å². The zero-order chi connectivity index (χ0) is 19.2. The Kier molecular flexibility index (Phi) is 8.09. The van der Waals surface area contributed by atoms with Gasteiger partial charge in [0.2, 0.25) is 5.91 Å². The molecule has 1 saturated heterocycles. The lowest BCUT2D eigenvalue weighted by atomic mass is 10.2. The van der Waals surface area contributed by atoms with Crippen LogP contribution in [0.2, 0.25) is 0 Å². The van der Waals surface area contributed by atoms with Gasteiger partial charge in [-0.3, -0.25) is 9.48 Å². The number of nitrogens with one attached hydrogen (secondary N) is 1. The van der Waals surface area contributed by atoms with E-state index in [-0.39, 0.29) is 29.9 Å². The molecule has 0 bridgehead atoms. The zero-order valence-corrected chi connectivity index (χ0v) is 18.8. The number of carbonyl (C=O) groups is 1. The molecule has 0 unspecified atom stereocenters. The molecular formula is C19H27IN6O2. The number of hydrogen-bond donors (Lipinski definition) is 1. The fourth-order valence-corrected chi connectivity index (χ4v) is 3.04. The van der Waals surface area contributed by atoms with Gasteiger partial charge >= 0.3 is 0 Å². The van der Waals surface area contributed by atoms with Gasteiger partial charge in [0.15, 0.2) is 5.96 Å². The normalized spacial score (nSPS) is 14.7. The van der Waals surface area contributed by atoms with Gasteiger partial charge in [0.1, 0.15) is 12.3 Å². The van der Waals surface area contributed by atoms with Crippen molar-refractivity contribution in [3.05, 3.63) is 42.2 Å². The number of nitrogens with zero attached hydrogens (tertiary/aromatic N) is 5. The van der Waals surface area contributed by atoms with Crippen molar-refractivity contribution in [2.24, 2.45) is 12.0 Å². The Morgan fingerprint density at radius 3 is 2.82 bits per heavy atom. The van der Waals surface area contributed by atoms with Gasteiger partial charge in [0.25, 0.3) is 0 Å². The lowest BCUT2D eigenvalue weighted by molar-refractivity contribution is -0.120. The van der Waals surface area contributed by atoms with Crippen molar-refractivity contribution in [3.8, 4) is 5.75 Å². The van der Waals surface area contributed by atoms with Crippen LogP contribution in [0, 0.1) is 0 Å². The van der Waals surface area contributed by atoms with Crippen LogP contribution in [-0.4, -0.2) is 59.8 Å². The number of carbonyl (C=O) groups excluding carboxylic acids is 1. The van der Waals surface area contributed by atoms with Gasteiger partial charge in [0, 0.05) is 32.9 Å². The van der Waals surface area contributed by atoms with Crippen molar-refractivity contribution >= 4 is 41.5 Å². The number of benzene rings is 1. The maximum Gasteiger partial charge on any atom is 0.246 e. The van der Waals surface area contributed by atoms with E-state index in [1.54, 1.807) is 22.9 Å². The van der Waals surface area contributed by atoms with E-state index in [4.69, 9.17) is 9.73 Å². The van der Waals surface area contributed by atoms with E-state index < -0.39 is 0 Å². The number of piperazine rings is 1. The Bertz CT molecular complexity index is 822. The van der Waals surface area contributed by atoms with Crippen LogP contribution in [0.15, 0.2) is 41.7 Å². The predicted octanol–water partition coefficient (Wildman–Crippen LogP) is 1.86. The Labute approximate surface area is 182 Å². The number of aromatic nitrogens is 2. The van der Waals surface area contributed by atoms with Gasteiger partial charge in [-0.05, 0) is 24.6 Å². The molecule has 1 aromatic carbocycles. The highest BCUT2D eigenvalue weighted by Gasteiger charge is 2.27. The van der Waals surface area contributed by atoms with Gasteiger partial charge < -0.3 is 19.9 Å². The summed E-state index contributed by atoms with van der Waals surface area (Å²) in [6, 6.07) is 7.85. The van der Waals surface area contributed by atoms with Crippen molar-refractivity contribution in [1.82, 2.24) is 20.0 Å². The summed E-state index contributed by atoms with van der Waals surface area (Å²) in [7, 11) is 3.50. The van der Waals surface area contributed by atoms with E-state index in [2.05, 4.69) is 10.4 Å². The van der Waals surface area contributed by atoms with Crippen LogP contribution in [0.4, 0.5) is 5.69 Å². The van der Waals surface area contributed by atoms with Gasteiger partial charge in [-0.1, -0.05) is 12.1 Å². The molecule has 1 N–H and O–H groups in total. The van der Waals surface area contributed by atoms with Crippen molar-refractivity contribution in [3.63, 3.8) is 0 Å². The van der Waals surface area contributed by atoms with Crippen molar-refractivity contribution in [2.45, 2.75) is 13.5 Å². The quantitative estimate of drug-likeness (QED) is 0.387. The van der Waals surface area contributed by atoms with Crippen molar-refractivity contribution in [2.75, 3.05) is 38.2 Å². The molecule has 28 heavy (non-hydrogen) atoms. The Hall–Kier alpha value is -2.30. The number of halogens is 1. The number of rotatable bonds is 5. The molecule has 8 nitrogen and oxygen atoms in total. The Morgan fingerprint density at radius 2 is 2.18 bits per heavy atom. The predicted molar refractivity (Wildman–Crippen MR) is 120 cm³/mol. The molecule has 0 atom stereocenters. The second-order valence-corrected chi connectivity index (χ2v) is 6.36. The number of guanidine groups is 1. The molecule has 0 spiro atoms. The molecule has 0 saturated carbocycles. The summed E-state index contributed by atoms with van der Waals surface area (Å²) in [6.45, 7) is 4.90. The van der Waals surface area contributed by atoms with E-state index in [0.717, 1.165) is 29.5 Å². The summed E-state index contributed by atoms with van der Waals surface area (Å²) in [5.74, 6) is 1.61. The molecule has 152 valence electrons. The van der Waals surface area contributed by atoms with Crippen LogP contribution in [0.5, 0.6) is 5.75 Å². The van der Waals surface area contributed by atoms with Crippen molar-refractivity contribution in [1.29, 1.82) is 0 Å². The molecule has 2 aromatic rings. The molecule has 9 heteroatoms. The van der Waals surface area contributed by atoms with Gasteiger partial charge in [-0.15, -0.1) is 24.0 Å². The average molecular weight is 498 g/mol. The van der Waals surface area contributed by atoms with Crippen LogP contribution in [0.1, 0.15) is 12.5 Å². The third kappa shape index (κ3) is 5.37. The molecule has 1 aliphatic rings. The summed E-state index contributed by atoms with van der Waals surface area (Å²) >= 11 is 0. The lowest BCUT2D eigenvalue weighted by Crippen LogP contribution is -2.55. The first-order valence-corrected chi connectivity index (χ1v) is 9.06. The molecule has 1 aromatic heterocycles. The fourth-order valence-electron chi connectivity index (χ4n) is 3.04. The third-order valence-corrected chi connectivity index (χ3v) is 4.40. The van der Waals surface area contributed by atoms with Crippen LogP contribution < -0.4 is 15.0 Å². The van der Waals surface area contributed by atoms with E-state index >= 15 is 0 Å². The first-order chi connectivity index (χ1) is 13.1. The van der Waals surface area contributed by atoms with E-state index in [1.165, 1.54) is 0 Å². The minimum Gasteiger partial charge on any atom is -0.497 e. The number of aryl methyl sites for hydroxylation is 1. The minimum absolute atomic E-state index is 0. The van der Waals surface area contributed by atoms with Gasteiger partial charge in [-0.2, -0.15) is 5.10 Å². The third-order valence-electron chi connectivity index (χ3n) is 4.40. The maximum absolute atomic E-state index is 12.6. The number of anilines is 1. The second-order valence-electron chi connectivity index (χ2n) is 6.36. The smallest absolute Gasteiger partial charge is 0.246 e. The van der Waals surface area contributed by atoms with Crippen LogP contribution >= 0.6 is 24.0 Å². The number of methoxy groups -OCH3 is 1. The highest BCUT2D eigenvalue weighted by atomic mass is 127. The maximum atomic E-state index is 12.6. The van der Waals surface area contributed by atoms with E-state index in [1.807, 2.05) is 49.3 Å².